The predicted molar refractivity (Wildman–Crippen MR) is 70.6 cm³/mol. The zero-order valence-corrected chi connectivity index (χ0v) is 11.8. The molecule has 3 N–H and O–H groups in total. The lowest BCUT2D eigenvalue weighted by Gasteiger charge is -2.12. The lowest BCUT2D eigenvalue weighted by atomic mass is 10.1. The molecule has 0 bridgehead atoms. The molecule has 0 spiro atoms. The second-order valence-electron chi connectivity index (χ2n) is 4.70. The molecule has 1 heterocycles. The number of aromatic nitrogens is 1. The first kappa shape index (κ1) is 17.7. The van der Waals surface area contributed by atoms with E-state index < -0.39 is 24.6 Å². The molecule has 0 fully saturated rings. The van der Waals surface area contributed by atoms with Crippen LogP contribution in [-0.2, 0) is 16.1 Å². The van der Waals surface area contributed by atoms with Crippen LogP contribution in [0.15, 0.2) is 18.3 Å². The van der Waals surface area contributed by atoms with E-state index in [1.807, 2.05) is 0 Å². The highest BCUT2D eigenvalue weighted by Crippen LogP contribution is 2.17. The second-order valence-corrected chi connectivity index (χ2v) is 4.70. The minimum Gasteiger partial charge on any atom is -0.468 e. The number of primary amides is 1. The van der Waals surface area contributed by atoms with Crippen molar-refractivity contribution >= 4 is 11.8 Å². The van der Waals surface area contributed by atoms with E-state index in [0.717, 1.165) is 0 Å². The molecule has 0 unspecified atom stereocenters. The van der Waals surface area contributed by atoms with Crippen molar-refractivity contribution in [2.75, 3.05) is 6.61 Å². The minimum atomic E-state index is -4.45. The van der Waals surface area contributed by atoms with Gasteiger partial charge in [-0.15, -0.1) is 0 Å². The van der Waals surface area contributed by atoms with E-state index >= 15 is 0 Å². The van der Waals surface area contributed by atoms with Gasteiger partial charge in [0.1, 0.15) is 0 Å². The summed E-state index contributed by atoms with van der Waals surface area (Å²) in [6.07, 6.45) is -3.25. The molecule has 9 heteroatoms. The van der Waals surface area contributed by atoms with Crippen molar-refractivity contribution in [3.63, 3.8) is 0 Å². The van der Waals surface area contributed by atoms with Crippen molar-refractivity contribution < 1.29 is 27.5 Å². The lowest BCUT2D eigenvalue weighted by molar-refractivity contribution is -0.154. The maximum atomic E-state index is 12.0. The average molecular weight is 319 g/mol. The van der Waals surface area contributed by atoms with Gasteiger partial charge in [0.05, 0.1) is 0 Å². The van der Waals surface area contributed by atoms with Crippen LogP contribution in [-0.4, -0.2) is 29.6 Å². The molecular weight excluding hydrogens is 303 g/mol. The van der Waals surface area contributed by atoms with Gasteiger partial charge in [0, 0.05) is 31.1 Å². The van der Waals surface area contributed by atoms with Gasteiger partial charge in [-0.1, -0.05) is 6.92 Å². The molecule has 122 valence electrons. The quantitative estimate of drug-likeness (QED) is 0.788. The third-order valence-corrected chi connectivity index (χ3v) is 2.60. The van der Waals surface area contributed by atoms with Crippen molar-refractivity contribution in [2.24, 2.45) is 11.7 Å². The Balaban J connectivity index is 2.53. The number of rotatable bonds is 7. The molecule has 1 rings (SSSR count). The van der Waals surface area contributed by atoms with Gasteiger partial charge in [0.2, 0.25) is 17.7 Å². The highest BCUT2D eigenvalue weighted by atomic mass is 19.4. The van der Waals surface area contributed by atoms with Gasteiger partial charge in [-0.25, -0.2) is 4.98 Å². The number of nitrogens with two attached hydrogens (primary N) is 1. The molecule has 0 saturated carbocycles. The molecule has 1 atom stereocenters. The summed E-state index contributed by atoms with van der Waals surface area (Å²) < 4.78 is 40.6. The monoisotopic (exact) mass is 319 g/mol. The van der Waals surface area contributed by atoms with Crippen LogP contribution < -0.4 is 15.8 Å². The highest BCUT2D eigenvalue weighted by Gasteiger charge is 2.28. The highest BCUT2D eigenvalue weighted by molar-refractivity contribution is 5.84. The Morgan fingerprint density at radius 1 is 1.45 bits per heavy atom. The Labute approximate surface area is 124 Å². The second kappa shape index (κ2) is 7.62. The topological polar surface area (TPSA) is 94.3 Å². The first-order chi connectivity index (χ1) is 10.2. The summed E-state index contributed by atoms with van der Waals surface area (Å²) in [5.41, 5.74) is 5.51. The van der Waals surface area contributed by atoms with E-state index in [1.165, 1.54) is 18.3 Å². The maximum Gasteiger partial charge on any atom is 0.422 e. The van der Waals surface area contributed by atoms with E-state index in [4.69, 9.17) is 5.73 Å². The normalized spacial score (nSPS) is 12.5. The predicted octanol–water partition coefficient (Wildman–Crippen LogP) is 1.15. The SMILES string of the molecule is C[C@@H](CC(N)=O)C(=O)NCc1ccnc(OCC(F)(F)F)c1. The van der Waals surface area contributed by atoms with Crippen LogP contribution in [0.1, 0.15) is 18.9 Å². The molecule has 1 aromatic heterocycles. The van der Waals surface area contributed by atoms with Crippen molar-refractivity contribution in [1.29, 1.82) is 0 Å². The lowest BCUT2D eigenvalue weighted by Crippen LogP contribution is -2.31. The zero-order chi connectivity index (χ0) is 16.8. The molecule has 0 aliphatic rings. The summed E-state index contributed by atoms with van der Waals surface area (Å²) in [5.74, 6) is -1.74. The number of ether oxygens (including phenoxy) is 1. The molecule has 2 amide bonds. The summed E-state index contributed by atoms with van der Waals surface area (Å²) in [5, 5.41) is 2.55. The molecule has 0 aliphatic heterocycles. The summed E-state index contributed by atoms with van der Waals surface area (Å²) in [7, 11) is 0. The summed E-state index contributed by atoms with van der Waals surface area (Å²) >= 11 is 0. The van der Waals surface area contributed by atoms with Crippen molar-refractivity contribution in [3.05, 3.63) is 23.9 Å². The number of carbonyl (C=O) groups is 2. The summed E-state index contributed by atoms with van der Waals surface area (Å²) in [4.78, 5) is 26.0. The number of hydrogen-bond acceptors (Lipinski definition) is 4. The van der Waals surface area contributed by atoms with Crippen LogP contribution in [0.5, 0.6) is 5.88 Å². The van der Waals surface area contributed by atoms with E-state index in [1.54, 1.807) is 6.92 Å². The number of nitrogens with one attached hydrogen (secondary N) is 1. The van der Waals surface area contributed by atoms with Crippen LogP contribution in [0.3, 0.4) is 0 Å². The number of carbonyl (C=O) groups excluding carboxylic acids is 2. The molecule has 6 nitrogen and oxygen atoms in total. The molecule has 0 radical (unpaired) electrons. The molecular formula is C13H16F3N3O3. The average Bonchev–Trinajstić information content (AvgIpc) is 2.41. The fraction of sp³-hybridized carbons (Fsp3) is 0.462. The zero-order valence-electron chi connectivity index (χ0n) is 11.8. The van der Waals surface area contributed by atoms with Crippen LogP contribution >= 0.6 is 0 Å². The largest absolute Gasteiger partial charge is 0.468 e. The number of hydrogen-bond donors (Lipinski definition) is 2. The summed E-state index contributed by atoms with van der Waals surface area (Å²) in [6.45, 7) is 0.183. The van der Waals surface area contributed by atoms with Crippen molar-refractivity contribution in [2.45, 2.75) is 26.1 Å². The fourth-order valence-electron chi connectivity index (χ4n) is 1.55. The van der Waals surface area contributed by atoms with Crippen LogP contribution in [0.4, 0.5) is 13.2 Å². The van der Waals surface area contributed by atoms with Crippen molar-refractivity contribution in [1.82, 2.24) is 10.3 Å². The molecule has 0 aliphatic carbocycles. The van der Waals surface area contributed by atoms with Gasteiger partial charge in [-0.2, -0.15) is 13.2 Å². The Morgan fingerprint density at radius 3 is 2.73 bits per heavy atom. The number of pyridine rings is 1. The van der Waals surface area contributed by atoms with Crippen LogP contribution in [0.25, 0.3) is 0 Å². The number of halogens is 3. The number of nitrogens with zero attached hydrogens (tertiary/aromatic N) is 1. The molecule has 1 aromatic rings. The smallest absolute Gasteiger partial charge is 0.422 e. The van der Waals surface area contributed by atoms with Crippen LogP contribution in [0.2, 0.25) is 0 Å². The van der Waals surface area contributed by atoms with Gasteiger partial charge in [-0.05, 0) is 11.6 Å². The van der Waals surface area contributed by atoms with Gasteiger partial charge in [0.25, 0.3) is 0 Å². The van der Waals surface area contributed by atoms with Gasteiger partial charge < -0.3 is 15.8 Å². The minimum absolute atomic E-state index is 0.0762. The number of amides is 2. The first-order valence-electron chi connectivity index (χ1n) is 6.38. The Morgan fingerprint density at radius 2 is 2.14 bits per heavy atom. The van der Waals surface area contributed by atoms with Crippen LogP contribution in [0, 0.1) is 5.92 Å². The Hall–Kier alpha value is -2.32. The van der Waals surface area contributed by atoms with Gasteiger partial charge >= 0.3 is 6.18 Å². The van der Waals surface area contributed by atoms with E-state index in [2.05, 4.69) is 15.0 Å². The van der Waals surface area contributed by atoms with Crippen molar-refractivity contribution in [3.8, 4) is 5.88 Å². The third-order valence-electron chi connectivity index (χ3n) is 2.60. The number of alkyl halides is 3. The molecule has 22 heavy (non-hydrogen) atoms. The Bertz CT molecular complexity index is 535. The first-order valence-corrected chi connectivity index (χ1v) is 6.38. The van der Waals surface area contributed by atoms with Gasteiger partial charge in [-0.3, -0.25) is 9.59 Å². The maximum absolute atomic E-state index is 12.0. The van der Waals surface area contributed by atoms with E-state index in [0.29, 0.717) is 5.56 Å². The third kappa shape index (κ3) is 6.91. The van der Waals surface area contributed by atoms with E-state index in [-0.39, 0.29) is 24.8 Å². The standard InChI is InChI=1S/C13H16F3N3O3/c1-8(4-10(17)20)12(21)19-6-9-2-3-18-11(5-9)22-7-13(14,15)16/h2-3,5,8H,4,6-7H2,1H3,(H2,17,20)(H,19,21)/t8-/m0/s1. The van der Waals surface area contributed by atoms with E-state index in [9.17, 15) is 22.8 Å². The van der Waals surface area contributed by atoms with Gasteiger partial charge in [0.15, 0.2) is 6.61 Å². The summed E-state index contributed by atoms with van der Waals surface area (Å²) in [6, 6.07) is 2.82. The molecule has 0 saturated heterocycles. The Kier molecular flexibility index (Phi) is 6.14. The fourth-order valence-corrected chi connectivity index (χ4v) is 1.55. The molecule has 0 aromatic carbocycles.